The van der Waals surface area contributed by atoms with Gasteiger partial charge in [0.1, 0.15) is 0 Å². The summed E-state index contributed by atoms with van der Waals surface area (Å²) in [7, 11) is 0. The quantitative estimate of drug-likeness (QED) is 0.861. The summed E-state index contributed by atoms with van der Waals surface area (Å²) in [5.41, 5.74) is -0.367. The molecule has 4 nitrogen and oxygen atoms in total. The summed E-state index contributed by atoms with van der Waals surface area (Å²) < 4.78 is 0. The number of nitrogens with zero attached hydrogens (tertiary/aromatic N) is 1. The first-order chi connectivity index (χ1) is 9.25. The number of hydrogen-bond donors (Lipinski definition) is 1. The van der Waals surface area contributed by atoms with E-state index in [0.717, 1.165) is 32.2 Å². The highest BCUT2D eigenvalue weighted by Gasteiger charge is 2.33. The van der Waals surface area contributed by atoms with Crippen LogP contribution in [0.25, 0.3) is 0 Å². The fourth-order valence-corrected chi connectivity index (χ4v) is 2.72. The third-order valence-electron chi connectivity index (χ3n) is 3.83. The molecule has 0 saturated carbocycles. The number of carbonyl (C=O) groups is 2. The maximum absolute atomic E-state index is 12.3. The lowest BCUT2D eigenvalue weighted by Crippen LogP contribution is -2.49. The van der Waals surface area contributed by atoms with Gasteiger partial charge in [-0.15, -0.1) is 0 Å². The van der Waals surface area contributed by atoms with Crippen molar-refractivity contribution < 1.29 is 9.59 Å². The molecular weight excluding hydrogens is 252 g/mol. The van der Waals surface area contributed by atoms with E-state index in [0.29, 0.717) is 6.54 Å². The standard InChI is InChI=1S/C16H30N2O2/c1-6-8-12(2)17-14(19)13-9-7-10-18(11-13)15(20)16(3,4)5/h12-13H,6-11H2,1-5H3,(H,17,19)/t12-,13+/m1/s1. The molecule has 20 heavy (non-hydrogen) atoms. The second-order valence-corrected chi connectivity index (χ2v) is 7.04. The van der Waals surface area contributed by atoms with Gasteiger partial charge in [0.2, 0.25) is 11.8 Å². The first-order valence-corrected chi connectivity index (χ1v) is 7.85. The number of likely N-dealkylation sites (tertiary alicyclic amines) is 1. The van der Waals surface area contributed by atoms with Crippen LogP contribution in [-0.2, 0) is 9.59 Å². The number of amides is 2. The van der Waals surface area contributed by atoms with Crippen molar-refractivity contribution in [3.63, 3.8) is 0 Å². The molecule has 1 N–H and O–H groups in total. The predicted molar refractivity (Wildman–Crippen MR) is 81.3 cm³/mol. The van der Waals surface area contributed by atoms with Gasteiger partial charge in [-0.2, -0.15) is 0 Å². The van der Waals surface area contributed by atoms with Crippen molar-refractivity contribution in [3.05, 3.63) is 0 Å². The highest BCUT2D eigenvalue weighted by Crippen LogP contribution is 2.23. The summed E-state index contributed by atoms with van der Waals surface area (Å²) in [6.07, 6.45) is 3.88. The van der Waals surface area contributed by atoms with Gasteiger partial charge >= 0.3 is 0 Å². The molecule has 0 aliphatic carbocycles. The molecule has 0 aromatic carbocycles. The van der Waals surface area contributed by atoms with Crippen LogP contribution in [0, 0.1) is 11.3 Å². The van der Waals surface area contributed by atoms with Gasteiger partial charge < -0.3 is 10.2 Å². The van der Waals surface area contributed by atoms with E-state index in [-0.39, 0.29) is 29.2 Å². The van der Waals surface area contributed by atoms with Crippen molar-refractivity contribution in [1.82, 2.24) is 10.2 Å². The number of piperidine rings is 1. The van der Waals surface area contributed by atoms with Gasteiger partial charge in [0.05, 0.1) is 5.92 Å². The largest absolute Gasteiger partial charge is 0.353 e. The van der Waals surface area contributed by atoms with Crippen LogP contribution < -0.4 is 5.32 Å². The zero-order valence-electron chi connectivity index (χ0n) is 13.7. The van der Waals surface area contributed by atoms with E-state index in [4.69, 9.17) is 0 Å². The molecule has 2 amide bonds. The third-order valence-corrected chi connectivity index (χ3v) is 3.83. The van der Waals surface area contributed by atoms with Crippen LogP contribution in [0.2, 0.25) is 0 Å². The molecule has 0 unspecified atom stereocenters. The minimum Gasteiger partial charge on any atom is -0.353 e. The summed E-state index contributed by atoms with van der Waals surface area (Å²) >= 11 is 0. The molecule has 1 aliphatic heterocycles. The van der Waals surface area contributed by atoms with Gasteiger partial charge in [0.25, 0.3) is 0 Å². The van der Waals surface area contributed by atoms with E-state index < -0.39 is 0 Å². The minimum atomic E-state index is -0.367. The summed E-state index contributed by atoms with van der Waals surface area (Å²) in [6.45, 7) is 11.3. The normalized spacial score (nSPS) is 21.4. The molecule has 0 spiro atoms. The van der Waals surface area contributed by atoms with Crippen molar-refractivity contribution in [2.75, 3.05) is 13.1 Å². The van der Waals surface area contributed by atoms with Crippen LogP contribution in [-0.4, -0.2) is 35.8 Å². The number of carbonyl (C=O) groups excluding carboxylic acids is 2. The van der Waals surface area contributed by atoms with Crippen molar-refractivity contribution in [2.45, 2.75) is 66.3 Å². The Morgan fingerprint density at radius 3 is 2.55 bits per heavy atom. The van der Waals surface area contributed by atoms with Crippen LogP contribution in [0.4, 0.5) is 0 Å². The molecule has 1 fully saturated rings. The Hall–Kier alpha value is -1.06. The summed E-state index contributed by atoms with van der Waals surface area (Å²) in [5.74, 6) is 0.211. The highest BCUT2D eigenvalue weighted by molar-refractivity contribution is 5.84. The average Bonchev–Trinajstić information content (AvgIpc) is 2.37. The average molecular weight is 282 g/mol. The molecule has 0 bridgehead atoms. The SMILES string of the molecule is CCC[C@@H](C)NC(=O)[C@H]1CCCN(C(=O)C(C)(C)C)C1. The van der Waals surface area contributed by atoms with Gasteiger partial charge in [-0.05, 0) is 26.2 Å². The lowest BCUT2D eigenvalue weighted by atomic mass is 9.90. The maximum atomic E-state index is 12.3. The van der Waals surface area contributed by atoms with Gasteiger partial charge in [-0.1, -0.05) is 34.1 Å². The Balaban J connectivity index is 2.56. The van der Waals surface area contributed by atoms with Crippen LogP contribution >= 0.6 is 0 Å². The fraction of sp³-hybridized carbons (Fsp3) is 0.875. The second-order valence-electron chi connectivity index (χ2n) is 7.04. The molecule has 1 heterocycles. The molecule has 4 heteroatoms. The van der Waals surface area contributed by atoms with E-state index in [1.165, 1.54) is 0 Å². The summed E-state index contributed by atoms with van der Waals surface area (Å²) in [4.78, 5) is 26.4. The first kappa shape index (κ1) is 17.0. The van der Waals surface area contributed by atoms with Crippen molar-refractivity contribution in [3.8, 4) is 0 Å². The van der Waals surface area contributed by atoms with E-state index in [9.17, 15) is 9.59 Å². The molecule has 0 aromatic heterocycles. The van der Waals surface area contributed by atoms with E-state index in [2.05, 4.69) is 12.2 Å². The van der Waals surface area contributed by atoms with Crippen molar-refractivity contribution >= 4 is 11.8 Å². The molecule has 1 saturated heterocycles. The Kier molecular flexibility index (Phi) is 6.03. The Bertz CT molecular complexity index is 347. The van der Waals surface area contributed by atoms with Crippen LogP contribution in [0.1, 0.15) is 60.3 Å². The van der Waals surface area contributed by atoms with Crippen molar-refractivity contribution in [1.29, 1.82) is 0 Å². The molecule has 0 radical (unpaired) electrons. The lowest BCUT2D eigenvalue weighted by Gasteiger charge is -2.36. The molecule has 1 rings (SSSR count). The maximum Gasteiger partial charge on any atom is 0.227 e. The fourth-order valence-electron chi connectivity index (χ4n) is 2.72. The van der Waals surface area contributed by atoms with Crippen LogP contribution in [0.5, 0.6) is 0 Å². The molecule has 1 aliphatic rings. The highest BCUT2D eigenvalue weighted by atomic mass is 16.2. The zero-order valence-corrected chi connectivity index (χ0v) is 13.7. The van der Waals surface area contributed by atoms with Crippen LogP contribution in [0.3, 0.4) is 0 Å². The number of rotatable bonds is 4. The number of hydrogen-bond acceptors (Lipinski definition) is 2. The van der Waals surface area contributed by atoms with Gasteiger partial charge in [0, 0.05) is 24.5 Å². The predicted octanol–water partition coefficient (Wildman–Crippen LogP) is 2.58. The Morgan fingerprint density at radius 2 is 2.00 bits per heavy atom. The topological polar surface area (TPSA) is 49.4 Å². The van der Waals surface area contributed by atoms with E-state index in [1.807, 2.05) is 32.6 Å². The van der Waals surface area contributed by atoms with Gasteiger partial charge in [0.15, 0.2) is 0 Å². The van der Waals surface area contributed by atoms with Crippen LogP contribution in [0.15, 0.2) is 0 Å². The summed E-state index contributed by atoms with van der Waals surface area (Å²) in [6, 6.07) is 0.223. The minimum absolute atomic E-state index is 0.0469. The Morgan fingerprint density at radius 1 is 1.35 bits per heavy atom. The molecule has 116 valence electrons. The third kappa shape index (κ3) is 4.80. The van der Waals surface area contributed by atoms with Crippen molar-refractivity contribution in [2.24, 2.45) is 11.3 Å². The number of nitrogens with one attached hydrogen (secondary N) is 1. The smallest absolute Gasteiger partial charge is 0.227 e. The molecule has 0 aromatic rings. The lowest BCUT2D eigenvalue weighted by molar-refractivity contribution is -0.142. The summed E-state index contributed by atoms with van der Waals surface area (Å²) in [5, 5.41) is 3.07. The van der Waals surface area contributed by atoms with Gasteiger partial charge in [-0.3, -0.25) is 9.59 Å². The first-order valence-electron chi connectivity index (χ1n) is 7.85. The molecule has 2 atom stereocenters. The monoisotopic (exact) mass is 282 g/mol. The zero-order chi connectivity index (χ0) is 15.3. The second kappa shape index (κ2) is 7.09. The van der Waals surface area contributed by atoms with E-state index >= 15 is 0 Å². The molecular formula is C16H30N2O2. The Labute approximate surface area is 123 Å². The van der Waals surface area contributed by atoms with E-state index in [1.54, 1.807) is 0 Å². The van der Waals surface area contributed by atoms with Gasteiger partial charge in [-0.25, -0.2) is 0 Å².